The van der Waals surface area contributed by atoms with E-state index >= 15 is 0 Å². The first kappa shape index (κ1) is 28.5. The van der Waals surface area contributed by atoms with Crippen molar-refractivity contribution in [2.45, 2.75) is 63.7 Å². The molecule has 14 nitrogen and oxygen atoms in total. The molecule has 1 rings (SSSR count). The van der Waals surface area contributed by atoms with Crippen LogP contribution in [0.25, 0.3) is 0 Å². The predicted molar refractivity (Wildman–Crippen MR) is 117 cm³/mol. The second-order valence-electron chi connectivity index (χ2n) is 8.15. The van der Waals surface area contributed by atoms with Gasteiger partial charge in [0.1, 0.15) is 18.1 Å². The van der Waals surface area contributed by atoms with Crippen molar-refractivity contribution in [2.75, 3.05) is 6.61 Å². The minimum atomic E-state index is -1.64. The molecule has 1 heterocycles. The van der Waals surface area contributed by atoms with Gasteiger partial charge in [0.2, 0.25) is 17.7 Å². The zero-order valence-corrected chi connectivity index (χ0v) is 19.0. The van der Waals surface area contributed by atoms with E-state index in [9.17, 15) is 24.0 Å². The smallest absolute Gasteiger partial charge is 0.328 e. The number of carbonyl (C=O) groups excluding carboxylic acids is 3. The lowest BCUT2D eigenvalue weighted by Crippen LogP contribution is -2.57. The number of carbonyl (C=O) groups is 5. The Morgan fingerprint density at radius 3 is 2.09 bits per heavy atom. The number of nitrogens with zero attached hydrogens (tertiary/aromatic N) is 1. The number of carboxylic acids is 2. The van der Waals surface area contributed by atoms with Gasteiger partial charge >= 0.3 is 11.9 Å². The number of imidazole rings is 1. The first-order chi connectivity index (χ1) is 15.9. The number of aliphatic hydroxyl groups is 1. The van der Waals surface area contributed by atoms with E-state index in [0.717, 1.165) is 0 Å². The minimum absolute atomic E-state index is 0.0445. The van der Waals surface area contributed by atoms with Crippen molar-refractivity contribution in [3.63, 3.8) is 0 Å². The van der Waals surface area contributed by atoms with Crippen LogP contribution in [-0.2, 0) is 30.4 Å². The van der Waals surface area contributed by atoms with Crippen LogP contribution in [0.1, 0.15) is 38.8 Å². The van der Waals surface area contributed by atoms with Crippen molar-refractivity contribution in [3.8, 4) is 0 Å². The zero-order chi connectivity index (χ0) is 25.8. The highest BCUT2D eigenvalue weighted by Gasteiger charge is 2.31. The maximum atomic E-state index is 12.9. The van der Waals surface area contributed by atoms with Crippen LogP contribution >= 0.6 is 0 Å². The summed E-state index contributed by atoms with van der Waals surface area (Å²) >= 11 is 0. The van der Waals surface area contributed by atoms with Crippen molar-refractivity contribution in [1.82, 2.24) is 25.9 Å². The van der Waals surface area contributed by atoms with Crippen LogP contribution in [0, 0.1) is 5.92 Å². The monoisotopic (exact) mass is 484 g/mol. The Bertz CT molecular complexity index is 844. The highest BCUT2D eigenvalue weighted by Crippen LogP contribution is 2.08. The van der Waals surface area contributed by atoms with Gasteiger partial charge in [-0.15, -0.1) is 0 Å². The van der Waals surface area contributed by atoms with Gasteiger partial charge in [0.15, 0.2) is 0 Å². The molecule has 34 heavy (non-hydrogen) atoms. The lowest BCUT2D eigenvalue weighted by atomic mass is 10.0. The highest BCUT2D eigenvalue weighted by molar-refractivity contribution is 5.94. The summed E-state index contributed by atoms with van der Waals surface area (Å²) in [5, 5.41) is 34.0. The first-order valence-electron chi connectivity index (χ1n) is 10.6. The molecule has 0 radical (unpaired) electrons. The molecule has 0 saturated carbocycles. The molecular weight excluding hydrogens is 452 g/mol. The molecule has 0 aliphatic heterocycles. The Morgan fingerprint density at radius 2 is 1.59 bits per heavy atom. The number of aliphatic carboxylic acids is 2. The van der Waals surface area contributed by atoms with Gasteiger partial charge < -0.3 is 42.0 Å². The number of aromatic nitrogens is 2. The Kier molecular flexibility index (Phi) is 11.7. The van der Waals surface area contributed by atoms with Crippen LogP contribution in [0.3, 0.4) is 0 Å². The van der Waals surface area contributed by atoms with Crippen molar-refractivity contribution < 1.29 is 39.3 Å². The highest BCUT2D eigenvalue weighted by atomic mass is 16.4. The van der Waals surface area contributed by atoms with Gasteiger partial charge in [0, 0.05) is 24.7 Å². The molecule has 4 unspecified atom stereocenters. The second kappa shape index (κ2) is 13.9. The average Bonchev–Trinajstić information content (AvgIpc) is 3.26. The summed E-state index contributed by atoms with van der Waals surface area (Å²) in [5.41, 5.74) is 6.54. The van der Waals surface area contributed by atoms with Crippen molar-refractivity contribution in [2.24, 2.45) is 11.7 Å². The summed E-state index contributed by atoms with van der Waals surface area (Å²) in [6, 6.07) is -5.13. The van der Waals surface area contributed by atoms with Crippen LogP contribution in [0.5, 0.6) is 0 Å². The fourth-order valence-electron chi connectivity index (χ4n) is 2.97. The number of amides is 3. The summed E-state index contributed by atoms with van der Waals surface area (Å²) in [7, 11) is 0. The summed E-state index contributed by atoms with van der Waals surface area (Å²) in [6.07, 6.45) is 2.44. The molecule has 1 aromatic rings. The molecule has 4 atom stereocenters. The Morgan fingerprint density at radius 1 is 1.00 bits per heavy atom. The third-order valence-corrected chi connectivity index (χ3v) is 4.75. The number of H-pyrrole nitrogens is 1. The van der Waals surface area contributed by atoms with E-state index in [2.05, 4.69) is 20.6 Å². The van der Waals surface area contributed by atoms with Crippen LogP contribution in [-0.4, -0.2) is 85.7 Å². The summed E-state index contributed by atoms with van der Waals surface area (Å²) in [4.78, 5) is 66.7. The molecule has 190 valence electrons. The molecule has 0 aliphatic carbocycles. The Labute approximate surface area is 195 Å². The molecule has 0 aliphatic rings. The van der Waals surface area contributed by atoms with E-state index in [4.69, 9.17) is 21.1 Å². The van der Waals surface area contributed by atoms with Gasteiger partial charge in [0.05, 0.1) is 19.0 Å². The van der Waals surface area contributed by atoms with Gasteiger partial charge in [-0.2, -0.15) is 0 Å². The van der Waals surface area contributed by atoms with E-state index < -0.39 is 66.9 Å². The molecule has 14 heteroatoms. The number of hydrogen-bond donors (Lipinski definition) is 8. The SMILES string of the molecule is CC(C)CC(NC(=O)C(N)Cc1cnc[nH]1)C(=O)NC(CCC(=O)O)C(=O)NC(CO)C(=O)O. The number of nitrogens with one attached hydrogen (secondary N) is 4. The first-order valence-corrected chi connectivity index (χ1v) is 10.6. The van der Waals surface area contributed by atoms with Gasteiger partial charge in [-0.05, 0) is 18.8 Å². The number of hydrogen-bond acceptors (Lipinski definition) is 8. The third kappa shape index (κ3) is 9.95. The van der Waals surface area contributed by atoms with Crippen LogP contribution in [0.4, 0.5) is 0 Å². The fraction of sp³-hybridized carbons (Fsp3) is 0.600. The standard InChI is InChI=1S/C20H32N6O8/c1-10(2)5-14(25-17(30)12(21)6-11-7-22-9-23-11)19(32)24-13(3-4-16(28)29)18(31)26-15(8-27)20(33)34/h7,9-10,12-15,27H,3-6,8,21H2,1-2H3,(H,22,23)(H,24,32)(H,25,30)(H,26,31)(H,28,29)(H,33,34). The molecule has 0 spiro atoms. The second-order valence-corrected chi connectivity index (χ2v) is 8.15. The lowest BCUT2D eigenvalue weighted by Gasteiger charge is -2.25. The van der Waals surface area contributed by atoms with E-state index in [1.165, 1.54) is 12.5 Å². The van der Waals surface area contributed by atoms with Crippen molar-refractivity contribution in [1.29, 1.82) is 0 Å². The summed E-state index contributed by atoms with van der Waals surface area (Å²) < 4.78 is 0. The van der Waals surface area contributed by atoms with E-state index in [0.29, 0.717) is 5.69 Å². The summed E-state index contributed by atoms with van der Waals surface area (Å²) in [5.74, 6) is -5.15. The number of carboxylic acid groups (broad SMARTS) is 2. The molecular formula is C20H32N6O8. The van der Waals surface area contributed by atoms with E-state index in [1.807, 2.05) is 19.2 Å². The maximum absolute atomic E-state index is 12.9. The molecule has 9 N–H and O–H groups in total. The molecule has 0 fully saturated rings. The lowest BCUT2D eigenvalue weighted by molar-refractivity contribution is -0.144. The predicted octanol–water partition coefficient (Wildman–Crippen LogP) is -2.28. The van der Waals surface area contributed by atoms with Crippen LogP contribution < -0.4 is 21.7 Å². The van der Waals surface area contributed by atoms with Crippen molar-refractivity contribution >= 4 is 29.7 Å². The number of nitrogens with two attached hydrogens (primary N) is 1. The Hall–Kier alpha value is -3.52. The molecule has 1 aromatic heterocycles. The molecule has 3 amide bonds. The van der Waals surface area contributed by atoms with E-state index in [-0.39, 0.29) is 25.2 Å². The van der Waals surface area contributed by atoms with Crippen LogP contribution in [0.15, 0.2) is 12.5 Å². The van der Waals surface area contributed by atoms with Gasteiger partial charge in [-0.1, -0.05) is 13.8 Å². The van der Waals surface area contributed by atoms with E-state index in [1.54, 1.807) is 0 Å². The van der Waals surface area contributed by atoms with Gasteiger partial charge in [-0.25, -0.2) is 9.78 Å². The largest absolute Gasteiger partial charge is 0.481 e. The van der Waals surface area contributed by atoms with Crippen molar-refractivity contribution in [3.05, 3.63) is 18.2 Å². The maximum Gasteiger partial charge on any atom is 0.328 e. The number of rotatable bonds is 15. The number of aliphatic hydroxyl groups excluding tert-OH is 1. The fourth-order valence-corrected chi connectivity index (χ4v) is 2.97. The molecule has 0 aromatic carbocycles. The van der Waals surface area contributed by atoms with Crippen LogP contribution in [0.2, 0.25) is 0 Å². The molecule has 0 saturated heterocycles. The number of aromatic amines is 1. The summed E-state index contributed by atoms with van der Waals surface area (Å²) in [6.45, 7) is 2.72. The Balaban J connectivity index is 2.93. The zero-order valence-electron chi connectivity index (χ0n) is 19.0. The third-order valence-electron chi connectivity index (χ3n) is 4.75. The normalized spacial score (nSPS) is 14.5. The van der Waals surface area contributed by atoms with Gasteiger partial charge in [0.25, 0.3) is 0 Å². The average molecular weight is 485 g/mol. The quantitative estimate of drug-likeness (QED) is 0.133. The van der Waals surface area contributed by atoms with Gasteiger partial charge in [-0.3, -0.25) is 19.2 Å². The topological polar surface area (TPSA) is 237 Å². The minimum Gasteiger partial charge on any atom is -0.481 e. The molecule has 0 bridgehead atoms.